The van der Waals surface area contributed by atoms with Crippen LogP contribution in [0.15, 0.2) is 24.5 Å². The van der Waals surface area contributed by atoms with Crippen LogP contribution < -0.4 is 0 Å². The van der Waals surface area contributed by atoms with Crippen molar-refractivity contribution in [2.75, 3.05) is 13.1 Å². The first-order valence-corrected chi connectivity index (χ1v) is 7.61. The molecular formula is C16H20F2N4. The van der Waals surface area contributed by atoms with E-state index in [1.165, 1.54) is 12.1 Å². The average Bonchev–Trinajstić information content (AvgIpc) is 2.90. The molecule has 0 atom stereocenters. The molecule has 1 aliphatic heterocycles. The quantitative estimate of drug-likeness (QED) is 0.870. The van der Waals surface area contributed by atoms with Crippen molar-refractivity contribution in [1.82, 2.24) is 19.7 Å². The third-order valence-electron chi connectivity index (χ3n) is 4.39. The van der Waals surface area contributed by atoms with Gasteiger partial charge >= 0.3 is 0 Å². The van der Waals surface area contributed by atoms with Crippen molar-refractivity contribution in [2.45, 2.75) is 25.8 Å². The van der Waals surface area contributed by atoms with E-state index in [0.29, 0.717) is 5.92 Å². The zero-order valence-electron chi connectivity index (χ0n) is 12.7. The summed E-state index contributed by atoms with van der Waals surface area (Å²) < 4.78 is 28.0. The van der Waals surface area contributed by atoms with Crippen LogP contribution in [-0.4, -0.2) is 32.8 Å². The molecule has 0 radical (unpaired) electrons. The molecule has 22 heavy (non-hydrogen) atoms. The van der Waals surface area contributed by atoms with Gasteiger partial charge in [0, 0.05) is 7.05 Å². The Morgan fingerprint density at radius 2 is 1.95 bits per heavy atom. The predicted octanol–water partition coefficient (Wildman–Crippen LogP) is 2.55. The highest BCUT2D eigenvalue weighted by molar-refractivity contribution is 5.18. The van der Waals surface area contributed by atoms with E-state index in [1.54, 1.807) is 17.1 Å². The fourth-order valence-electron chi connectivity index (χ4n) is 3.01. The topological polar surface area (TPSA) is 34.0 Å². The standard InChI is InChI=1S/C16H20F2N4/c1-21-16(19-11-20-21)10-22-6-4-12(5-7-22)8-13-2-3-14(17)15(18)9-13/h2-3,9,11-12H,4-8,10H2,1H3. The number of benzene rings is 1. The van der Waals surface area contributed by atoms with Crippen LogP contribution in [0.3, 0.4) is 0 Å². The summed E-state index contributed by atoms with van der Waals surface area (Å²) in [5.74, 6) is -0.0286. The maximum atomic E-state index is 13.2. The van der Waals surface area contributed by atoms with Gasteiger partial charge in [0.15, 0.2) is 11.6 Å². The molecule has 6 heteroatoms. The Morgan fingerprint density at radius 1 is 1.18 bits per heavy atom. The summed E-state index contributed by atoms with van der Waals surface area (Å²) >= 11 is 0. The SMILES string of the molecule is Cn1ncnc1CN1CCC(Cc2ccc(F)c(F)c2)CC1. The van der Waals surface area contributed by atoms with Crippen LogP contribution >= 0.6 is 0 Å². The minimum atomic E-state index is -0.776. The van der Waals surface area contributed by atoms with Gasteiger partial charge in [-0.15, -0.1) is 0 Å². The summed E-state index contributed by atoms with van der Waals surface area (Å²) in [4.78, 5) is 6.61. The number of likely N-dealkylation sites (tertiary alicyclic amines) is 1. The van der Waals surface area contributed by atoms with Crippen LogP contribution in [0.4, 0.5) is 8.78 Å². The van der Waals surface area contributed by atoms with Crippen LogP contribution in [0, 0.1) is 17.6 Å². The number of halogens is 2. The maximum absolute atomic E-state index is 13.2. The second kappa shape index (κ2) is 6.52. The lowest BCUT2D eigenvalue weighted by Crippen LogP contribution is -2.34. The van der Waals surface area contributed by atoms with Crippen LogP contribution in [-0.2, 0) is 20.0 Å². The van der Waals surface area contributed by atoms with Crippen molar-refractivity contribution in [1.29, 1.82) is 0 Å². The van der Waals surface area contributed by atoms with E-state index < -0.39 is 11.6 Å². The maximum Gasteiger partial charge on any atom is 0.159 e. The predicted molar refractivity (Wildman–Crippen MR) is 79.1 cm³/mol. The van der Waals surface area contributed by atoms with Crippen molar-refractivity contribution in [3.63, 3.8) is 0 Å². The summed E-state index contributed by atoms with van der Waals surface area (Å²) in [5.41, 5.74) is 0.880. The summed E-state index contributed by atoms with van der Waals surface area (Å²) in [6, 6.07) is 4.22. The summed E-state index contributed by atoms with van der Waals surface area (Å²) in [7, 11) is 1.90. The Hall–Kier alpha value is -1.82. The highest BCUT2D eigenvalue weighted by Gasteiger charge is 2.21. The van der Waals surface area contributed by atoms with Crippen molar-refractivity contribution in [3.8, 4) is 0 Å². The van der Waals surface area contributed by atoms with Gasteiger partial charge in [-0.25, -0.2) is 13.8 Å². The molecule has 3 rings (SSSR count). The monoisotopic (exact) mass is 306 g/mol. The Morgan fingerprint density at radius 3 is 2.59 bits per heavy atom. The average molecular weight is 306 g/mol. The number of aryl methyl sites for hydroxylation is 1. The molecule has 2 aromatic rings. The smallest absolute Gasteiger partial charge is 0.159 e. The van der Waals surface area contributed by atoms with Gasteiger partial charge in [0.25, 0.3) is 0 Å². The normalized spacial score (nSPS) is 17.0. The van der Waals surface area contributed by atoms with Crippen LogP contribution in [0.5, 0.6) is 0 Å². The van der Waals surface area contributed by atoms with E-state index in [2.05, 4.69) is 15.0 Å². The Balaban J connectivity index is 1.51. The highest BCUT2D eigenvalue weighted by atomic mass is 19.2. The number of rotatable bonds is 4. The zero-order chi connectivity index (χ0) is 15.5. The largest absolute Gasteiger partial charge is 0.296 e. The Kier molecular flexibility index (Phi) is 4.47. The third-order valence-corrected chi connectivity index (χ3v) is 4.39. The molecule has 4 nitrogen and oxygen atoms in total. The second-order valence-corrected chi connectivity index (χ2v) is 5.97. The molecule has 1 saturated heterocycles. The second-order valence-electron chi connectivity index (χ2n) is 5.97. The summed E-state index contributed by atoms with van der Waals surface area (Å²) in [6.07, 6.45) is 4.52. The van der Waals surface area contributed by atoms with Gasteiger partial charge in [-0.05, 0) is 56.0 Å². The van der Waals surface area contributed by atoms with Crippen molar-refractivity contribution >= 4 is 0 Å². The van der Waals surface area contributed by atoms with Crippen LogP contribution in [0.2, 0.25) is 0 Å². The summed E-state index contributed by atoms with van der Waals surface area (Å²) in [5, 5.41) is 4.08. The molecule has 0 amide bonds. The minimum Gasteiger partial charge on any atom is -0.296 e. The number of aromatic nitrogens is 3. The third kappa shape index (κ3) is 3.50. The zero-order valence-corrected chi connectivity index (χ0v) is 12.7. The van der Waals surface area contributed by atoms with E-state index in [0.717, 1.165) is 50.3 Å². The molecule has 0 unspecified atom stereocenters. The molecule has 0 N–H and O–H groups in total. The molecule has 0 saturated carbocycles. The molecule has 1 aromatic carbocycles. The molecule has 1 aliphatic rings. The molecular weight excluding hydrogens is 286 g/mol. The number of hydrogen-bond acceptors (Lipinski definition) is 3. The van der Waals surface area contributed by atoms with E-state index in [1.807, 2.05) is 7.05 Å². The summed E-state index contributed by atoms with van der Waals surface area (Å²) in [6.45, 7) is 2.82. The molecule has 1 fully saturated rings. The van der Waals surface area contributed by atoms with E-state index in [9.17, 15) is 8.78 Å². The van der Waals surface area contributed by atoms with Gasteiger partial charge in [0.2, 0.25) is 0 Å². The van der Waals surface area contributed by atoms with Gasteiger partial charge in [-0.3, -0.25) is 9.58 Å². The molecule has 0 aliphatic carbocycles. The van der Waals surface area contributed by atoms with E-state index in [4.69, 9.17) is 0 Å². The number of hydrogen-bond donors (Lipinski definition) is 0. The fraction of sp³-hybridized carbons (Fsp3) is 0.500. The van der Waals surface area contributed by atoms with Crippen LogP contribution in [0.25, 0.3) is 0 Å². The van der Waals surface area contributed by atoms with Crippen molar-refractivity contribution in [2.24, 2.45) is 13.0 Å². The first-order valence-electron chi connectivity index (χ1n) is 7.61. The van der Waals surface area contributed by atoms with Gasteiger partial charge < -0.3 is 0 Å². The lowest BCUT2D eigenvalue weighted by atomic mass is 9.90. The fourth-order valence-corrected chi connectivity index (χ4v) is 3.01. The van der Waals surface area contributed by atoms with Crippen molar-refractivity contribution in [3.05, 3.63) is 47.5 Å². The van der Waals surface area contributed by atoms with E-state index >= 15 is 0 Å². The lowest BCUT2D eigenvalue weighted by Gasteiger charge is -2.31. The highest BCUT2D eigenvalue weighted by Crippen LogP contribution is 2.23. The van der Waals surface area contributed by atoms with Crippen molar-refractivity contribution < 1.29 is 8.78 Å². The molecule has 0 bridgehead atoms. The van der Waals surface area contributed by atoms with Crippen LogP contribution in [0.1, 0.15) is 24.2 Å². The lowest BCUT2D eigenvalue weighted by molar-refractivity contribution is 0.171. The van der Waals surface area contributed by atoms with Gasteiger partial charge in [-0.2, -0.15) is 5.10 Å². The van der Waals surface area contributed by atoms with E-state index in [-0.39, 0.29) is 0 Å². The minimum absolute atomic E-state index is 0.528. The first-order chi connectivity index (χ1) is 10.6. The molecule has 2 heterocycles. The molecule has 0 spiro atoms. The Labute approximate surface area is 128 Å². The van der Waals surface area contributed by atoms with Gasteiger partial charge in [0.1, 0.15) is 12.2 Å². The van der Waals surface area contributed by atoms with Gasteiger partial charge in [-0.1, -0.05) is 6.07 Å². The Bertz CT molecular complexity index is 633. The first kappa shape index (κ1) is 15.1. The number of nitrogens with zero attached hydrogens (tertiary/aromatic N) is 4. The molecule has 1 aromatic heterocycles. The molecule has 118 valence electrons. The number of piperidine rings is 1. The van der Waals surface area contributed by atoms with Gasteiger partial charge in [0.05, 0.1) is 6.54 Å².